The van der Waals surface area contributed by atoms with E-state index in [-0.39, 0.29) is 32.4 Å². The van der Waals surface area contributed by atoms with E-state index >= 15 is 0 Å². The van der Waals surface area contributed by atoms with Crippen molar-refractivity contribution >= 4 is 10.9 Å². The molecule has 2 rings (SSSR count). The second kappa shape index (κ2) is 6.13. The summed E-state index contributed by atoms with van der Waals surface area (Å²) in [7, 11) is 0. The third-order valence-corrected chi connectivity index (χ3v) is 2.20. The van der Waals surface area contributed by atoms with Crippen LogP contribution in [-0.2, 0) is 0 Å². The molecule has 0 bridgehead atoms. The molecular weight excluding hydrogens is 236 g/mol. The molecule has 0 aliphatic rings. The molecule has 0 spiro atoms. The van der Waals surface area contributed by atoms with Gasteiger partial charge in [0.05, 0.1) is 24.1 Å². The van der Waals surface area contributed by atoms with Crippen molar-refractivity contribution in [1.29, 1.82) is 0 Å². The van der Waals surface area contributed by atoms with Gasteiger partial charge in [0.1, 0.15) is 13.2 Å². The minimum atomic E-state index is -0.108. The molecule has 0 saturated carbocycles. The molecule has 0 unspecified atom stereocenters. The zero-order valence-corrected chi connectivity index (χ0v) is 9.74. The molecule has 96 valence electrons. The van der Waals surface area contributed by atoms with Crippen molar-refractivity contribution in [3.63, 3.8) is 0 Å². The molecule has 2 N–H and O–H groups in total. The van der Waals surface area contributed by atoms with Crippen LogP contribution in [0.4, 0.5) is 0 Å². The van der Waals surface area contributed by atoms with Crippen LogP contribution in [0.25, 0.3) is 10.9 Å². The molecule has 1 aromatic carbocycles. The topological polar surface area (TPSA) is 84.7 Å². The quantitative estimate of drug-likeness (QED) is 0.770. The average Bonchev–Trinajstić information content (AvgIpc) is 2.42. The van der Waals surface area contributed by atoms with E-state index in [1.807, 2.05) is 24.3 Å². The summed E-state index contributed by atoms with van der Waals surface area (Å²) < 4.78 is 10.5. The zero-order chi connectivity index (χ0) is 12.8. The first-order chi connectivity index (χ1) is 8.85. The van der Waals surface area contributed by atoms with Crippen LogP contribution in [0.1, 0.15) is 0 Å². The van der Waals surface area contributed by atoms with Gasteiger partial charge in [0.2, 0.25) is 5.88 Å². The van der Waals surface area contributed by atoms with Crippen molar-refractivity contribution in [2.45, 2.75) is 0 Å². The molecular formula is C12H14N2O4. The molecule has 0 atom stereocenters. The van der Waals surface area contributed by atoms with E-state index in [0.29, 0.717) is 11.4 Å². The first-order valence-corrected chi connectivity index (χ1v) is 5.59. The number of hydrogen-bond donors (Lipinski definition) is 2. The van der Waals surface area contributed by atoms with Crippen molar-refractivity contribution in [3.05, 3.63) is 24.3 Å². The zero-order valence-electron chi connectivity index (χ0n) is 9.74. The minimum absolute atomic E-state index is 0.0921. The smallest absolute Gasteiger partial charge is 0.320 e. The summed E-state index contributed by atoms with van der Waals surface area (Å²) in [6.07, 6.45) is 0. The van der Waals surface area contributed by atoms with E-state index in [0.717, 1.165) is 5.39 Å². The summed E-state index contributed by atoms with van der Waals surface area (Å²) >= 11 is 0. The molecule has 1 aromatic heterocycles. The molecule has 6 heteroatoms. The first kappa shape index (κ1) is 12.5. The van der Waals surface area contributed by atoms with E-state index in [4.69, 9.17) is 19.7 Å². The lowest BCUT2D eigenvalue weighted by molar-refractivity contribution is 0.182. The maximum absolute atomic E-state index is 8.78. The van der Waals surface area contributed by atoms with Gasteiger partial charge >= 0.3 is 6.01 Å². The van der Waals surface area contributed by atoms with Gasteiger partial charge in [-0.15, -0.1) is 0 Å². The normalized spacial score (nSPS) is 10.6. The standard InChI is InChI=1S/C12H14N2O4/c15-5-7-17-11-9-3-1-2-4-10(9)13-12(14-11)18-8-6-16/h1-4,15-16H,5-8H2. The molecule has 1 heterocycles. The Hall–Kier alpha value is -1.92. The van der Waals surface area contributed by atoms with Gasteiger partial charge in [-0.1, -0.05) is 12.1 Å². The fourth-order valence-corrected chi connectivity index (χ4v) is 1.48. The van der Waals surface area contributed by atoms with Crippen LogP contribution in [0.2, 0.25) is 0 Å². The summed E-state index contributed by atoms with van der Waals surface area (Å²) in [5.74, 6) is 0.364. The highest BCUT2D eigenvalue weighted by Crippen LogP contribution is 2.24. The number of nitrogens with zero attached hydrogens (tertiary/aromatic N) is 2. The molecule has 6 nitrogen and oxygen atoms in total. The Morgan fingerprint density at radius 1 is 0.944 bits per heavy atom. The summed E-state index contributed by atoms with van der Waals surface area (Å²) in [6, 6.07) is 7.50. The molecule has 0 amide bonds. The van der Waals surface area contributed by atoms with Gasteiger partial charge in [0, 0.05) is 0 Å². The molecule has 0 aliphatic carbocycles. The van der Waals surface area contributed by atoms with E-state index in [1.54, 1.807) is 0 Å². The second-order valence-corrected chi connectivity index (χ2v) is 3.47. The number of benzene rings is 1. The SMILES string of the molecule is OCCOc1nc(OCCO)c2ccccc2n1. The summed E-state index contributed by atoms with van der Waals surface area (Å²) in [4.78, 5) is 8.29. The van der Waals surface area contributed by atoms with E-state index in [1.165, 1.54) is 0 Å². The van der Waals surface area contributed by atoms with Crippen LogP contribution in [0, 0.1) is 0 Å². The van der Waals surface area contributed by atoms with Gasteiger partial charge in [-0.3, -0.25) is 0 Å². The highest BCUT2D eigenvalue weighted by molar-refractivity contribution is 5.83. The van der Waals surface area contributed by atoms with Crippen LogP contribution in [0.3, 0.4) is 0 Å². The number of aliphatic hydroxyl groups is 2. The van der Waals surface area contributed by atoms with Gasteiger partial charge in [-0.05, 0) is 12.1 Å². The maximum Gasteiger partial charge on any atom is 0.320 e. The summed E-state index contributed by atoms with van der Waals surface area (Å²) in [5.41, 5.74) is 0.688. The highest BCUT2D eigenvalue weighted by Gasteiger charge is 2.09. The van der Waals surface area contributed by atoms with Crippen LogP contribution in [-0.4, -0.2) is 46.6 Å². The Morgan fingerprint density at radius 2 is 1.67 bits per heavy atom. The van der Waals surface area contributed by atoms with Crippen molar-refractivity contribution in [2.75, 3.05) is 26.4 Å². The third kappa shape index (κ3) is 2.85. The minimum Gasteiger partial charge on any atom is -0.475 e. The van der Waals surface area contributed by atoms with E-state index < -0.39 is 0 Å². The van der Waals surface area contributed by atoms with Crippen LogP contribution in [0.5, 0.6) is 11.9 Å². The van der Waals surface area contributed by atoms with Crippen LogP contribution < -0.4 is 9.47 Å². The van der Waals surface area contributed by atoms with Gasteiger partial charge in [0.25, 0.3) is 0 Å². The van der Waals surface area contributed by atoms with Crippen molar-refractivity contribution in [1.82, 2.24) is 9.97 Å². The van der Waals surface area contributed by atoms with Crippen molar-refractivity contribution in [3.8, 4) is 11.9 Å². The summed E-state index contributed by atoms with van der Waals surface area (Å²) in [6.45, 7) is 0.0758. The molecule has 0 aliphatic heterocycles. The lowest BCUT2D eigenvalue weighted by Gasteiger charge is -2.09. The average molecular weight is 250 g/mol. The lowest BCUT2D eigenvalue weighted by atomic mass is 10.2. The number of fused-ring (bicyclic) bond motifs is 1. The number of ether oxygens (including phenoxy) is 2. The van der Waals surface area contributed by atoms with Gasteiger partial charge in [-0.2, -0.15) is 9.97 Å². The third-order valence-electron chi connectivity index (χ3n) is 2.20. The maximum atomic E-state index is 8.78. The number of hydrogen-bond acceptors (Lipinski definition) is 6. The van der Waals surface area contributed by atoms with Crippen LogP contribution in [0.15, 0.2) is 24.3 Å². The molecule has 2 aromatic rings. The van der Waals surface area contributed by atoms with Gasteiger partial charge < -0.3 is 19.7 Å². The Balaban J connectivity index is 2.36. The molecule has 0 fully saturated rings. The van der Waals surface area contributed by atoms with Crippen molar-refractivity contribution < 1.29 is 19.7 Å². The Labute approximate surface area is 104 Å². The fourth-order valence-electron chi connectivity index (χ4n) is 1.48. The second-order valence-electron chi connectivity index (χ2n) is 3.47. The largest absolute Gasteiger partial charge is 0.475 e. The molecule has 0 radical (unpaired) electrons. The predicted octanol–water partition coefficient (Wildman–Crippen LogP) is 0.372. The van der Waals surface area contributed by atoms with Gasteiger partial charge in [-0.25, -0.2) is 0 Å². The van der Waals surface area contributed by atoms with Crippen LogP contribution >= 0.6 is 0 Å². The molecule has 18 heavy (non-hydrogen) atoms. The number of aliphatic hydroxyl groups excluding tert-OH is 2. The highest BCUT2D eigenvalue weighted by atomic mass is 16.5. The first-order valence-electron chi connectivity index (χ1n) is 5.59. The fraction of sp³-hybridized carbons (Fsp3) is 0.333. The summed E-state index contributed by atoms with van der Waals surface area (Å²) in [5, 5.41) is 18.2. The Bertz CT molecular complexity index is 518. The lowest BCUT2D eigenvalue weighted by Crippen LogP contribution is -2.08. The van der Waals surface area contributed by atoms with E-state index in [9.17, 15) is 0 Å². The Kier molecular flexibility index (Phi) is 4.27. The Morgan fingerprint density at radius 3 is 2.44 bits per heavy atom. The van der Waals surface area contributed by atoms with Gasteiger partial charge in [0.15, 0.2) is 0 Å². The number of para-hydroxylation sites is 1. The van der Waals surface area contributed by atoms with Crippen molar-refractivity contribution in [2.24, 2.45) is 0 Å². The predicted molar refractivity (Wildman–Crippen MR) is 64.7 cm³/mol. The van der Waals surface area contributed by atoms with E-state index in [2.05, 4.69) is 9.97 Å². The molecule has 0 saturated heterocycles. The number of rotatable bonds is 6. The number of aromatic nitrogens is 2. The monoisotopic (exact) mass is 250 g/mol.